The first-order valence-electron chi connectivity index (χ1n) is 7.92. The maximum absolute atomic E-state index is 13.0. The number of halogens is 4. The number of aromatic nitrogens is 2. The van der Waals surface area contributed by atoms with Gasteiger partial charge in [0, 0.05) is 23.0 Å². The molecule has 27 heavy (non-hydrogen) atoms. The number of hydrogen-bond donors (Lipinski definition) is 1. The summed E-state index contributed by atoms with van der Waals surface area (Å²) in [5.41, 5.74) is 1.35. The Kier molecular flexibility index (Phi) is 5.41. The molecule has 142 valence electrons. The molecule has 2 heterocycles. The van der Waals surface area contributed by atoms with Gasteiger partial charge in [-0.3, -0.25) is 0 Å². The van der Waals surface area contributed by atoms with E-state index >= 15 is 0 Å². The van der Waals surface area contributed by atoms with Crippen LogP contribution in [0.1, 0.15) is 16.8 Å². The Balaban J connectivity index is 1.83. The molecular weight excluding hydrogens is 380 g/mol. The van der Waals surface area contributed by atoms with Crippen molar-refractivity contribution in [1.82, 2.24) is 14.9 Å². The first-order chi connectivity index (χ1) is 12.7. The lowest BCUT2D eigenvalue weighted by molar-refractivity contribution is -0.141. The van der Waals surface area contributed by atoms with Gasteiger partial charge in [-0.1, -0.05) is 12.6 Å². The van der Waals surface area contributed by atoms with Crippen molar-refractivity contribution in [3.05, 3.63) is 65.9 Å². The highest BCUT2D eigenvalue weighted by atomic mass is 32.2. The zero-order valence-electron chi connectivity index (χ0n) is 14.3. The maximum Gasteiger partial charge on any atom is 0.433 e. The van der Waals surface area contributed by atoms with Crippen LogP contribution in [0.4, 0.5) is 29.2 Å². The standard InChI is InChI=1S/C18H16F4N4S/c1-11-5-13(15-9-26(10-27-15)8-12(2)19)7-14(6-11)24-17-23-4-3-16(25-17)18(20,21)22/h3-7,9H,2,8,10H2,1H3,(H,23,24,25). The molecule has 3 rings (SSSR count). The van der Waals surface area contributed by atoms with E-state index in [1.54, 1.807) is 28.8 Å². The van der Waals surface area contributed by atoms with Gasteiger partial charge in [0.05, 0.1) is 12.4 Å². The normalized spacial score (nSPS) is 14.3. The summed E-state index contributed by atoms with van der Waals surface area (Å²) in [5.74, 6) is 0.0531. The lowest BCUT2D eigenvalue weighted by Crippen LogP contribution is -2.14. The zero-order chi connectivity index (χ0) is 19.6. The number of rotatable bonds is 5. The van der Waals surface area contributed by atoms with Crippen LogP contribution in [0.25, 0.3) is 4.91 Å². The number of benzene rings is 1. The molecule has 0 amide bonds. The van der Waals surface area contributed by atoms with Crippen LogP contribution >= 0.6 is 11.8 Å². The van der Waals surface area contributed by atoms with E-state index in [1.807, 2.05) is 19.2 Å². The van der Waals surface area contributed by atoms with E-state index in [2.05, 4.69) is 21.9 Å². The van der Waals surface area contributed by atoms with Crippen LogP contribution in [0.15, 0.2) is 49.1 Å². The largest absolute Gasteiger partial charge is 0.433 e. The molecule has 0 fully saturated rings. The minimum atomic E-state index is -4.54. The highest BCUT2D eigenvalue weighted by Crippen LogP contribution is 2.36. The average molecular weight is 396 g/mol. The molecule has 0 unspecified atom stereocenters. The van der Waals surface area contributed by atoms with Gasteiger partial charge < -0.3 is 10.2 Å². The minimum Gasteiger partial charge on any atom is -0.360 e. The van der Waals surface area contributed by atoms with E-state index in [4.69, 9.17) is 0 Å². The first kappa shape index (κ1) is 19.2. The number of hydrogen-bond acceptors (Lipinski definition) is 5. The van der Waals surface area contributed by atoms with Gasteiger partial charge in [-0.15, -0.1) is 11.8 Å². The summed E-state index contributed by atoms with van der Waals surface area (Å²) < 4.78 is 51.4. The molecule has 0 radical (unpaired) electrons. The van der Waals surface area contributed by atoms with E-state index in [-0.39, 0.29) is 12.5 Å². The summed E-state index contributed by atoms with van der Waals surface area (Å²) >= 11 is 1.55. The van der Waals surface area contributed by atoms with E-state index in [0.717, 1.165) is 28.3 Å². The number of nitrogens with zero attached hydrogens (tertiary/aromatic N) is 3. The Morgan fingerprint density at radius 3 is 2.81 bits per heavy atom. The SMILES string of the molecule is C=C(F)CN1C=C(c2cc(C)cc(Nc3nccc(C(F)(F)F)n3)c2)SC1. The highest BCUT2D eigenvalue weighted by Gasteiger charge is 2.32. The van der Waals surface area contributed by atoms with Crippen LogP contribution in [-0.4, -0.2) is 27.3 Å². The Morgan fingerprint density at radius 1 is 1.33 bits per heavy atom. The number of anilines is 2. The fourth-order valence-corrected chi connectivity index (χ4v) is 3.54. The fraction of sp³-hybridized carbons (Fsp3) is 0.222. The van der Waals surface area contributed by atoms with Gasteiger partial charge >= 0.3 is 6.18 Å². The molecule has 9 heteroatoms. The zero-order valence-corrected chi connectivity index (χ0v) is 15.2. The number of thioether (sulfide) groups is 1. The van der Waals surface area contributed by atoms with Crippen molar-refractivity contribution < 1.29 is 17.6 Å². The predicted octanol–water partition coefficient (Wildman–Crippen LogP) is 5.34. The van der Waals surface area contributed by atoms with Crippen LogP contribution in [-0.2, 0) is 6.18 Å². The van der Waals surface area contributed by atoms with Crippen molar-refractivity contribution in [3.8, 4) is 0 Å². The van der Waals surface area contributed by atoms with Crippen LogP contribution in [0.2, 0.25) is 0 Å². The van der Waals surface area contributed by atoms with Crippen molar-refractivity contribution in [2.45, 2.75) is 13.1 Å². The van der Waals surface area contributed by atoms with Crippen LogP contribution in [0.3, 0.4) is 0 Å². The third-order valence-corrected chi connectivity index (χ3v) is 4.74. The molecule has 0 saturated carbocycles. The molecule has 1 aromatic carbocycles. The van der Waals surface area contributed by atoms with Gasteiger partial charge in [-0.05, 0) is 36.2 Å². The maximum atomic E-state index is 13.0. The summed E-state index contributed by atoms with van der Waals surface area (Å²) in [6, 6.07) is 6.35. The predicted molar refractivity (Wildman–Crippen MR) is 98.9 cm³/mol. The van der Waals surface area contributed by atoms with Crippen LogP contribution in [0.5, 0.6) is 0 Å². The van der Waals surface area contributed by atoms with Gasteiger partial charge in [0.25, 0.3) is 0 Å². The summed E-state index contributed by atoms with van der Waals surface area (Å²) in [5, 5.41) is 2.82. The minimum absolute atomic E-state index is 0.130. The Bertz CT molecular complexity index is 895. The lowest BCUT2D eigenvalue weighted by Gasteiger charge is -2.11. The first-order valence-corrected chi connectivity index (χ1v) is 8.90. The molecule has 0 bridgehead atoms. The summed E-state index contributed by atoms with van der Waals surface area (Å²) in [6.07, 6.45) is -1.63. The molecule has 4 nitrogen and oxygen atoms in total. The third-order valence-electron chi connectivity index (χ3n) is 3.62. The molecular formula is C18H16F4N4S. The molecule has 1 aliphatic heterocycles. The monoisotopic (exact) mass is 396 g/mol. The summed E-state index contributed by atoms with van der Waals surface area (Å²) in [7, 11) is 0. The van der Waals surface area contributed by atoms with Crippen molar-refractivity contribution in [2.75, 3.05) is 17.7 Å². The quantitative estimate of drug-likeness (QED) is 0.692. The average Bonchev–Trinajstić information content (AvgIpc) is 3.01. The number of nitrogens with one attached hydrogen (secondary N) is 1. The van der Waals surface area contributed by atoms with Crippen molar-refractivity contribution >= 4 is 28.3 Å². The smallest absolute Gasteiger partial charge is 0.360 e. The second-order valence-electron chi connectivity index (χ2n) is 6.01. The lowest BCUT2D eigenvalue weighted by atomic mass is 10.1. The molecule has 0 aliphatic carbocycles. The van der Waals surface area contributed by atoms with Crippen molar-refractivity contribution in [1.29, 1.82) is 0 Å². The topological polar surface area (TPSA) is 41.0 Å². The number of alkyl halides is 3. The highest BCUT2D eigenvalue weighted by molar-refractivity contribution is 8.08. The Morgan fingerprint density at radius 2 is 2.11 bits per heavy atom. The summed E-state index contributed by atoms with van der Waals surface area (Å²) in [4.78, 5) is 10.1. The van der Waals surface area contributed by atoms with Crippen LogP contribution in [0, 0.1) is 6.92 Å². The Hall–Kier alpha value is -2.55. The van der Waals surface area contributed by atoms with Crippen molar-refractivity contribution in [2.24, 2.45) is 0 Å². The van der Waals surface area contributed by atoms with Gasteiger partial charge in [0.15, 0.2) is 0 Å². The van der Waals surface area contributed by atoms with E-state index in [9.17, 15) is 17.6 Å². The molecule has 1 aromatic heterocycles. The van der Waals surface area contributed by atoms with E-state index in [1.165, 1.54) is 0 Å². The van der Waals surface area contributed by atoms with Crippen molar-refractivity contribution in [3.63, 3.8) is 0 Å². The number of aryl methyl sites for hydroxylation is 1. The van der Waals surface area contributed by atoms with E-state index < -0.39 is 17.7 Å². The molecule has 0 saturated heterocycles. The fourth-order valence-electron chi connectivity index (χ4n) is 2.57. The Labute approximate surface area is 158 Å². The van der Waals surface area contributed by atoms with Gasteiger partial charge in [0.2, 0.25) is 5.95 Å². The van der Waals surface area contributed by atoms with E-state index in [0.29, 0.717) is 11.6 Å². The van der Waals surface area contributed by atoms with Gasteiger partial charge in [-0.25, -0.2) is 14.4 Å². The third kappa shape index (κ3) is 5.00. The van der Waals surface area contributed by atoms with Crippen LogP contribution < -0.4 is 5.32 Å². The van der Waals surface area contributed by atoms with Gasteiger partial charge in [-0.2, -0.15) is 13.2 Å². The molecule has 0 atom stereocenters. The molecule has 2 aromatic rings. The molecule has 1 N–H and O–H groups in total. The van der Waals surface area contributed by atoms with Gasteiger partial charge in [0.1, 0.15) is 11.5 Å². The second kappa shape index (κ2) is 7.59. The second-order valence-corrected chi connectivity index (χ2v) is 6.99. The molecule has 0 spiro atoms. The summed E-state index contributed by atoms with van der Waals surface area (Å²) in [6.45, 7) is 5.27. The molecule has 1 aliphatic rings.